The molecule has 0 atom stereocenters. The van der Waals surface area contributed by atoms with E-state index < -0.39 is 0 Å². The number of aryl methyl sites for hydroxylation is 2. The Morgan fingerprint density at radius 3 is 2.52 bits per heavy atom. The first-order valence-corrected chi connectivity index (χ1v) is 7.22. The Kier molecular flexibility index (Phi) is 4.91. The van der Waals surface area contributed by atoms with Gasteiger partial charge in [0.15, 0.2) is 5.82 Å². The molecule has 1 aromatic heterocycles. The molecular formula is C17H23N3O. The van der Waals surface area contributed by atoms with Gasteiger partial charge in [0.25, 0.3) is 0 Å². The predicted octanol–water partition coefficient (Wildman–Crippen LogP) is 3.27. The van der Waals surface area contributed by atoms with Crippen molar-refractivity contribution in [3.8, 4) is 17.1 Å². The number of benzene rings is 1. The Morgan fingerprint density at radius 2 is 1.90 bits per heavy atom. The van der Waals surface area contributed by atoms with E-state index in [0.717, 1.165) is 40.6 Å². The van der Waals surface area contributed by atoms with Gasteiger partial charge in [0, 0.05) is 23.8 Å². The van der Waals surface area contributed by atoms with Gasteiger partial charge in [-0.05, 0) is 43.7 Å². The maximum Gasteiger partial charge on any atom is 0.159 e. The van der Waals surface area contributed by atoms with Crippen LogP contribution in [0.4, 0.5) is 0 Å². The smallest absolute Gasteiger partial charge is 0.159 e. The van der Waals surface area contributed by atoms with E-state index in [4.69, 9.17) is 4.74 Å². The normalized spacial score (nSPS) is 11.0. The molecule has 0 unspecified atom stereocenters. The van der Waals surface area contributed by atoms with Gasteiger partial charge in [-0.15, -0.1) is 0 Å². The Balaban J connectivity index is 2.32. The highest BCUT2D eigenvalue weighted by Gasteiger charge is 2.08. The summed E-state index contributed by atoms with van der Waals surface area (Å²) in [5.41, 5.74) is 4.10. The van der Waals surface area contributed by atoms with Crippen molar-refractivity contribution in [2.75, 3.05) is 7.11 Å². The molecule has 0 spiro atoms. The van der Waals surface area contributed by atoms with Gasteiger partial charge in [-0.2, -0.15) is 0 Å². The number of nitrogens with zero attached hydrogens (tertiary/aromatic N) is 2. The number of rotatable bonds is 5. The van der Waals surface area contributed by atoms with Crippen molar-refractivity contribution >= 4 is 0 Å². The number of aromatic nitrogens is 2. The van der Waals surface area contributed by atoms with Gasteiger partial charge in [-0.3, -0.25) is 0 Å². The van der Waals surface area contributed by atoms with Gasteiger partial charge in [-0.25, -0.2) is 9.97 Å². The van der Waals surface area contributed by atoms with Crippen molar-refractivity contribution in [1.82, 2.24) is 15.3 Å². The highest BCUT2D eigenvalue weighted by Crippen LogP contribution is 2.24. The average Bonchev–Trinajstić information content (AvgIpc) is 2.44. The molecule has 1 N–H and O–H groups in total. The highest BCUT2D eigenvalue weighted by atomic mass is 16.5. The van der Waals surface area contributed by atoms with Crippen LogP contribution in [0.15, 0.2) is 24.3 Å². The fourth-order valence-corrected chi connectivity index (χ4v) is 2.18. The second-order valence-corrected chi connectivity index (χ2v) is 5.54. The summed E-state index contributed by atoms with van der Waals surface area (Å²) in [6, 6.07) is 8.48. The molecule has 4 heteroatoms. The third kappa shape index (κ3) is 4.02. The van der Waals surface area contributed by atoms with Gasteiger partial charge < -0.3 is 10.1 Å². The molecule has 0 amide bonds. The van der Waals surface area contributed by atoms with E-state index in [-0.39, 0.29) is 0 Å². The zero-order valence-corrected chi connectivity index (χ0v) is 13.4. The Bertz CT molecular complexity index is 623. The Morgan fingerprint density at radius 1 is 1.14 bits per heavy atom. The predicted molar refractivity (Wildman–Crippen MR) is 85.5 cm³/mol. The van der Waals surface area contributed by atoms with Crippen LogP contribution >= 0.6 is 0 Å². The van der Waals surface area contributed by atoms with Gasteiger partial charge in [-0.1, -0.05) is 13.8 Å². The maximum absolute atomic E-state index is 5.30. The Labute approximate surface area is 126 Å². The molecule has 21 heavy (non-hydrogen) atoms. The zero-order valence-electron chi connectivity index (χ0n) is 13.4. The molecule has 1 aromatic carbocycles. The summed E-state index contributed by atoms with van der Waals surface area (Å²) < 4.78 is 5.30. The van der Waals surface area contributed by atoms with Crippen LogP contribution < -0.4 is 10.1 Å². The van der Waals surface area contributed by atoms with Crippen molar-refractivity contribution in [2.24, 2.45) is 0 Å². The van der Waals surface area contributed by atoms with Crippen LogP contribution in [-0.2, 0) is 6.54 Å². The van der Waals surface area contributed by atoms with Crippen molar-refractivity contribution in [2.45, 2.75) is 40.3 Å². The lowest BCUT2D eigenvalue weighted by Gasteiger charge is -2.11. The molecule has 0 radical (unpaired) electrons. The molecule has 4 nitrogen and oxygen atoms in total. The standard InChI is InChI=1S/C17H23N3O/c1-11(2)18-10-15-9-13(4)19-17(20-15)14-6-7-16(21-5)12(3)8-14/h6-9,11,18H,10H2,1-5H3. The zero-order chi connectivity index (χ0) is 15.4. The first-order valence-electron chi connectivity index (χ1n) is 7.22. The van der Waals surface area contributed by atoms with E-state index in [0.29, 0.717) is 6.04 Å². The van der Waals surface area contributed by atoms with Crippen LogP contribution in [0.1, 0.15) is 30.8 Å². The minimum Gasteiger partial charge on any atom is -0.496 e. The maximum atomic E-state index is 5.30. The Hall–Kier alpha value is -1.94. The van der Waals surface area contributed by atoms with E-state index in [1.165, 1.54) is 0 Å². The van der Waals surface area contributed by atoms with Crippen molar-refractivity contribution in [3.63, 3.8) is 0 Å². The molecule has 112 valence electrons. The van der Waals surface area contributed by atoms with E-state index in [1.54, 1.807) is 7.11 Å². The third-order valence-electron chi connectivity index (χ3n) is 3.25. The topological polar surface area (TPSA) is 47.0 Å². The molecule has 0 aliphatic rings. The van der Waals surface area contributed by atoms with Crippen LogP contribution in [-0.4, -0.2) is 23.1 Å². The fraction of sp³-hybridized carbons (Fsp3) is 0.412. The van der Waals surface area contributed by atoms with Crippen LogP contribution in [0.5, 0.6) is 5.75 Å². The second-order valence-electron chi connectivity index (χ2n) is 5.54. The first-order chi connectivity index (χ1) is 9.99. The quantitative estimate of drug-likeness (QED) is 0.916. The molecule has 2 rings (SSSR count). The summed E-state index contributed by atoms with van der Waals surface area (Å²) in [5.74, 6) is 1.65. The summed E-state index contributed by atoms with van der Waals surface area (Å²) >= 11 is 0. The first kappa shape index (κ1) is 15.4. The number of methoxy groups -OCH3 is 1. The van der Waals surface area contributed by atoms with Crippen LogP contribution in [0, 0.1) is 13.8 Å². The summed E-state index contributed by atoms with van der Waals surface area (Å²) in [6.45, 7) is 9.03. The molecular weight excluding hydrogens is 262 g/mol. The third-order valence-corrected chi connectivity index (χ3v) is 3.25. The molecule has 0 aliphatic carbocycles. The molecule has 0 aliphatic heterocycles. The minimum absolute atomic E-state index is 0.437. The van der Waals surface area contributed by atoms with Gasteiger partial charge in [0.05, 0.1) is 12.8 Å². The van der Waals surface area contributed by atoms with Gasteiger partial charge in [0.2, 0.25) is 0 Å². The summed E-state index contributed by atoms with van der Waals surface area (Å²) in [5, 5.41) is 3.39. The molecule has 0 saturated carbocycles. The SMILES string of the molecule is COc1ccc(-c2nc(C)cc(CNC(C)C)n2)cc1C. The van der Waals surface area contributed by atoms with Crippen LogP contribution in [0.2, 0.25) is 0 Å². The molecule has 0 fully saturated rings. The number of hydrogen-bond donors (Lipinski definition) is 1. The summed E-state index contributed by atoms with van der Waals surface area (Å²) in [4.78, 5) is 9.21. The lowest BCUT2D eigenvalue weighted by molar-refractivity contribution is 0.412. The monoisotopic (exact) mass is 285 g/mol. The molecule has 2 aromatic rings. The summed E-state index contributed by atoms with van der Waals surface area (Å²) in [7, 11) is 1.68. The van der Waals surface area contributed by atoms with Crippen LogP contribution in [0.25, 0.3) is 11.4 Å². The van der Waals surface area contributed by atoms with E-state index in [2.05, 4.69) is 35.2 Å². The molecule has 0 saturated heterocycles. The number of hydrogen-bond acceptors (Lipinski definition) is 4. The average molecular weight is 285 g/mol. The lowest BCUT2D eigenvalue weighted by Crippen LogP contribution is -2.22. The van der Waals surface area contributed by atoms with Crippen LogP contribution in [0.3, 0.4) is 0 Å². The van der Waals surface area contributed by atoms with E-state index in [9.17, 15) is 0 Å². The van der Waals surface area contributed by atoms with E-state index >= 15 is 0 Å². The summed E-state index contributed by atoms with van der Waals surface area (Å²) in [6.07, 6.45) is 0. The van der Waals surface area contributed by atoms with Gasteiger partial charge in [0.1, 0.15) is 5.75 Å². The van der Waals surface area contributed by atoms with Gasteiger partial charge >= 0.3 is 0 Å². The molecule has 0 bridgehead atoms. The largest absolute Gasteiger partial charge is 0.496 e. The minimum atomic E-state index is 0.437. The van der Waals surface area contributed by atoms with E-state index in [1.807, 2.05) is 32.0 Å². The number of nitrogens with one attached hydrogen (secondary N) is 1. The van der Waals surface area contributed by atoms with Crippen molar-refractivity contribution in [1.29, 1.82) is 0 Å². The number of ether oxygens (including phenoxy) is 1. The van der Waals surface area contributed by atoms with Crippen molar-refractivity contribution < 1.29 is 4.74 Å². The second kappa shape index (κ2) is 6.68. The highest BCUT2D eigenvalue weighted by molar-refractivity contribution is 5.58. The molecule has 1 heterocycles. The lowest BCUT2D eigenvalue weighted by atomic mass is 10.1. The van der Waals surface area contributed by atoms with Crippen molar-refractivity contribution in [3.05, 3.63) is 41.2 Å². The fourth-order valence-electron chi connectivity index (χ4n) is 2.18.